The molecule has 4 heteroatoms. The first-order chi connectivity index (χ1) is 11.1. The predicted molar refractivity (Wildman–Crippen MR) is 90.1 cm³/mol. The molecule has 0 bridgehead atoms. The van der Waals surface area contributed by atoms with E-state index < -0.39 is 5.72 Å². The maximum Gasteiger partial charge on any atom is 0.224 e. The van der Waals surface area contributed by atoms with Gasteiger partial charge in [-0.2, -0.15) is 0 Å². The fourth-order valence-corrected chi connectivity index (χ4v) is 5.43. The Morgan fingerprint density at radius 2 is 2.13 bits per heavy atom. The molecule has 2 fully saturated rings. The molecule has 1 aromatic rings. The minimum Gasteiger partial charge on any atom is -0.374 e. The van der Waals surface area contributed by atoms with Crippen molar-refractivity contribution in [3.8, 4) is 0 Å². The summed E-state index contributed by atoms with van der Waals surface area (Å²) < 4.78 is 0. The first-order valence-corrected chi connectivity index (χ1v) is 8.97. The lowest BCUT2D eigenvalue weighted by Gasteiger charge is -2.55. The van der Waals surface area contributed by atoms with Crippen LogP contribution in [0.25, 0.3) is 0 Å². The number of para-hydroxylation sites is 1. The zero-order chi connectivity index (χ0) is 16.1. The highest BCUT2D eigenvalue weighted by atomic mass is 16.3. The fourth-order valence-electron chi connectivity index (χ4n) is 5.43. The Morgan fingerprint density at radius 1 is 1.30 bits per heavy atom. The summed E-state index contributed by atoms with van der Waals surface area (Å²) in [6.45, 7) is 4.10. The van der Waals surface area contributed by atoms with Gasteiger partial charge in [0.25, 0.3) is 0 Å². The molecule has 0 aromatic heterocycles. The Balaban J connectivity index is 1.91. The highest BCUT2D eigenvalue weighted by molar-refractivity contribution is 5.91. The molecule has 0 saturated carbocycles. The van der Waals surface area contributed by atoms with E-state index in [1.54, 1.807) is 0 Å². The fraction of sp³-hybridized carbons (Fsp3) is 0.632. The minimum atomic E-state index is -0.817. The van der Waals surface area contributed by atoms with E-state index in [4.69, 9.17) is 0 Å². The highest BCUT2D eigenvalue weighted by Gasteiger charge is 2.62. The molecule has 124 valence electrons. The molecule has 3 atom stereocenters. The number of anilines is 1. The summed E-state index contributed by atoms with van der Waals surface area (Å²) >= 11 is 0. The molecular formula is C19H26N2O2. The average molecular weight is 314 g/mol. The van der Waals surface area contributed by atoms with Gasteiger partial charge in [0.1, 0.15) is 5.72 Å². The third kappa shape index (κ3) is 2.01. The zero-order valence-corrected chi connectivity index (χ0v) is 13.8. The van der Waals surface area contributed by atoms with Gasteiger partial charge < -0.3 is 10.4 Å². The number of rotatable bonds is 1. The third-order valence-corrected chi connectivity index (χ3v) is 6.64. The molecule has 2 saturated heterocycles. The van der Waals surface area contributed by atoms with Crippen LogP contribution in [-0.4, -0.2) is 34.7 Å². The van der Waals surface area contributed by atoms with Gasteiger partial charge >= 0.3 is 0 Å². The molecular weight excluding hydrogens is 288 g/mol. The molecule has 1 aromatic carbocycles. The molecule has 3 aliphatic rings. The van der Waals surface area contributed by atoms with Crippen LogP contribution in [-0.2, 0) is 4.79 Å². The molecule has 3 aliphatic heterocycles. The zero-order valence-electron chi connectivity index (χ0n) is 13.8. The van der Waals surface area contributed by atoms with Crippen LogP contribution in [0.2, 0.25) is 0 Å². The molecule has 0 spiro atoms. The quantitative estimate of drug-likeness (QED) is 0.837. The standard InChI is InChI=1S/C19H26N2O2/c1-2-18-10-5-12-21-13-9-15(19(18,21)23)14-6-3-4-7-16(14)20-17(22)8-11-18/h3-4,6-7,15,23H,2,5,8-13H2,1H3,(H,20,22)/t15-,18+,19+/m0/s1. The lowest BCUT2D eigenvalue weighted by atomic mass is 9.61. The second kappa shape index (κ2) is 5.32. The Labute approximate surface area is 137 Å². The lowest BCUT2D eigenvalue weighted by molar-refractivity contribution is -0.212. The molecule has 3 heterocycles. The number of hydrogen-bond donors (Lipinski definition) is 2. The maximum atomic E-state index is 12.4. The van der Waals surface area contributed by atoms with Crippen molar-refractivity contribution in [3.05, 3.63) is 29.8 Å². The maximum absolute atomic E-state index is 12.4. The molecule has 2 N–H and O–H groups in total. The Bertz CT molecular complexity index is 632. The minimum absolute atomic E-state index is 0.0750. The third-order valence-electron chi connectivity index (χ3n) is 6.64. The summed E-state index contributed by atoms with van der Waals surface area (Å²) in [4.78, 5) is 14.7. The number of nitrogens with one attached hydrogen (secondary N) is 1. The van der Waals surface area contributed by atoms with Crippen molar-refractivity contribution in [2.45, 2.75) is 57.1 Å². The van der Waals surface area contributed by atoms with Gasteiger partial charge in [-0.05, 0) is 43.7 Å². The monoisotopic (exact) mass is 314 g/mol. The lowest BCUT2D eigenvalue weighted by Crippen LogP contribution is -2.62. The summed E-state index contributed by atoms with van der Waals surface area (Å²) in [5.74, 6) is 0.156. The number of carbonyl (C=O) groups is 1. The number of benzene rings is 1. The van der Waals surface area contributed by atoms with Crippen LogP contribution >= 0.6 is 0 Å². The molecule has 0 unspecified atom stereocenters. The van der Waals surface area contributed by atoms with Crippen molar-refractivity contribution in [2.24, 2.45) is 5.41 Å². The van der Waals surface area contributed by atoms with Gasteiger partial charge in [0.2, 0.25) is 5.91 Å². The van der Waals surface area contributed by atoms with Gasteiger partial charge in [0.15, 0.2) is 0 Å². The molecule has 0 radical (unpaired) electrons. The van der Waals surface area contributed by atoms with Crippen LogP contribution in [0.4, 0.5) is 5.69 Å². The van der Waals surface area contributed by atoms with Crippen molar-refractivity contribution in [1.29, 1.82) is 0 Å². The molecule has 0 aliphatic carbocycles. The molecule has 4 nitrogen and oxygen atoms in total. The Morgan fingerprint density at radius 3 is 2.96 bits per heavy atom. The summed E-state index contributed by atoms with van der Waals surface area (Å²) in [6, 6.07) is 8.04. The number of carbonyl (C=O) groups excluding carboxylic acids is 1. The number of amides is 1. The van der Waals surface area contributed by atoms with Crippen LogP contribution in [0, 0.1) is 5.41 Å². The average Bonchev–Trinajstić information content (AvgIpc) is 2.92. The van der Waals surface area contributed by atoms with Crippen molar-refractivity contribution >= 4 is 11.6 Å². The van der Waals surface area contributed by atoms with Crippen LogP contribution in [0.15, 0.2) is 24.3 Å². The number of aliphatic hydroxyl groups is 1. The van der Waals surface area contributed by atoms with Gasteiger partial charge in [-0.3, -0.25) is 9.69 Å². The van der Waals surface area contributed by atoms with Crippen molar-refractivity contribution in [3.63, 3.8) is 0 Å². The van der Waals surface area contributed by atoms with Crippen LogP contribution in [0.5, 0.6) is 0 Å². The van der Waals surface area contributed by atoms with Gasteiger partial charge in [-0.15, -0.1) is 0 Å². The van der Waals surface area contributed by atoms with E-state index in [0.717, 1.165) is 56.4 Å². The normalized spacial score (nSPS) is 37.1. The Kier molecular flexibility index (Phi) is 3.50. The van der Waals surface area contributed by atoms with E-state index in [0.29, 0.717) is 6.42 Å². The van der Waals surface area contributed by atoms with Gasteiger partial charge in [0, 0.05) is 36.5 Å². The second-order valence-electron chi connectivity index (χ2n) is 7.43. The van der Waals surface area contributed by atoms with E-state index in [1.807, 2.05) is 18.2 Å². The molecule has 1 amide bonds. The first kappa shape index (κ1) is 15.2. The van der Waals surface area contributed by atoms with Crippen molar-refractivity contribution < 1.29 is 9.90 Å². The summed E-state index contributed by atoms with van der Waals surface area (Å²) in [5, 5.41) is 15.1. The smallest absolute Gasteiger partial charge is 0.224 e. The Hall–Kier alpha value is -1.39. The van der Waals surface area contributed by atoms with E-state index in [2.05, 4.69) is 23.2 Å². The van der Waals surface area contributed by atoms with E-state index >= 15 is 0 Å². The van der Waals surface area contributed by atoms with Crippen LogP contribution < -0.4 is 5.32 Å². The van der Waals surface area contributed by atoms with Gasteiger partial charge in [-0.25, -0.2) is 0 Å². The molecule has 23 heavy (non-hydrogen) atoms. The first-order valence-electron chi connectivity index (χ1n) is 8.97. The van der Waals surface area contributed by atoms with Crippen LogP contribution in [0.3, 0.4) is 0 Å². The summed E-state index contributed by atoms with van der Waals surface area (Å²) in [7, 11) is 0. The second-order valence-corrected chi connectivity index (χ2v) is 7.43. The molecule has 4 rings (SSSR count). The van der Waals surface area contributed by atoms with Crippen molar-refractivity contribution in [2.75, 3.05) is 18.4 Å². The highest BCUT2D eigenvalue weighted by Crippen LogP contribution is 2.59. The SMILES string of the molecule is CC[C@@]12CCCN3CC[C@@H](c4ccccc4NC(=O)CC1)[C@]32O. The van der Waals surface area contributed by atoms with Crippen molar-refractivity contribution in [1.82, 2.24) is 4.90 Å². The largest absolute Gasteiger partial charge is 0.374 e. The summed E-state index contributed by atoms with van der Waals surface area (Å²) in [6.07, 6.45) is 5.28. The number of nitrogens with zero attached hydrogens (tertiary/aromatic N) is 1. The summed E-state index contributed by atoms with van der Waals surface area (Å²) in [5.41, 5.74) is 0.992. The van der Waals surface area contributed by atoms with Crippen LogP contribution in [0.1, 0.15) is 56.9 Å². The number of fused-ring (bicyclic) bond motifs is 2. The predicted octanol–water partition coefficient (Wildman–Crippen LogP) is 3.09. The number of hydrogen-bond acceptors (Lipinski definition) is 3. The van der Waals surface area contributed by atoms with E-state index in [1.165, 1.54) is 0 Å². The topological polar surface area (TPSA) is 52.6 Å². The van der Waals surface area contributed by atoms with E-state index in [-0.39, 0.29) is 17.2 Å². The van der Waals surface area contributed by atoms with Gasteiger partial charge in [0.05, 0.1) is 0 Å². The number of piperidine rings is 1. The van der Waals surface area contributed by atoms with E-state index in [9.17, 15) is 9.90 Å². The van der Waals surface area contributed by atoms with Gasteiger partial charge in [-0.1, -0.05) is 25.1 Å².